The van der Waals surface area contributed by atoms with Crippen molar-refractivity contribution in [1.29, 1.82) is 0 Å². The first-order valence-electron chi connectivity index (χ1n) is 3.91. The van der Waals surface area contributed by atoms with Crippen LogP contribution in [0.4, 0.5) is 0 Å². The number of alkyl halides is 1. The molecular weight excluding hydrogens is 200 g/mol. The molecule has 0 saturated heterocycles. The lowest BCUT2D eigenvalue weighted by atomic mass is 9.99. The largest absolute Gasteiger partial charge is 0.0804 e. The van der Waals surface area contributed by atoms with E-state index in [1.165, 1.54) is 5.56 Å². The van der Waals surface area contributed by atoms with Crippen molar-refractivity contribution in [2.75, 3.05) is 0 Å². The third-order valence-electron chi connectivity index (χ3n) is 2.04. The molecule has 0 aliphatic rings. The van der Waals surface area contributed by atoms with Crippen LogP contribution in [0.3, 0.4) is 0 Å². The summed E-state index contributed by atoms with van der Waals surface area (Å²) in [5.41, 5.74) is 1.35. The molecule has 0 aliphatic carbocycles. The van der Waals surface area contributed by atoms with Crippen molar-refractivity contribution in [3.05, 3.63) is 35.9 Å². The maximum atomic E-state index is 3.69. The van der Waals surface area contributed by atoms with E-state index in [0.717, 1.165) is 6.42 Å². The highest BCUT2D eigenvalue weighted by molar-refractivity contribution is 9.09. The lowest BCUT2D eigenvalue weighted by Gasteiger charge is -2.20. The van der Waals surface area contributed by atoms with Crippen LogP contribution in [0.2, 0.25) is 0 Å². The second-order valence-electron chi connectivity index (χ2n) is 2.92. The Balaban J connectivity index is 2.93. The van der Waals surface area contributed by atoms with Gasteiger partial charge in [-0.05, 0) is 18.9 Å². The lowest BCUT2D eigenvalue weighted by Crippen LogP contribution is -2.10. The molecule has 1 rings (SSSR count). The summed E-state index contributed by atoms with van der Waals surface area (Å²) in [6, 6.07) is 10.5. The second-order valence-corrected chi connectivity index (χ2v) is 4.67. The van der Waals surface area contributed by atoms with Gasteiger partial charge in [0.2, 0.25) is 0 Å². The molecule has 1 heteroatoms. The molecule has 0 heterocycles. The van der Waals surface area contributed by atoms with E-state index in [0.29, 0.717) is 0 Å². The molecule has 0 aliphatic heterocycles. The topological polar surface area (TPSA) is 0 Å². The van der Waals surface area contributed by atoms with Crippen molar-refractivity contribution in [2.45, 2.75) is 24.6 Å². The average molecular weight is 213 g/mol. The first-order chi connectivity index (χ1) is 5.17. The van der Waals surface area contributed by atoms with E-state index in [4.69, 9.17) is 0 Å². The summed E-state index contributed by atoms with van der Waals surface area (Å²) in [5, 5.41) is 0. The van der Waals surface area contributed by atoms with Crippen molar-refractivity contribution >= 4 is 15.9 Å². The van der Waals surface area contributed by atoms with E-state index >= 15 is 0 Å². The zero-order chi connectivity index (χ0) is 8.32. The van der Waals surface area contributed by atoms with Gasteiger partial charge in [0.15, 0.2) is 0 Å². The summed E-state index contributed by atoms with van der Waals surface area (Å²) >= 11 is 3.69. The van der Waals surface area contributed by atoms with Gasteiger partial charge >= 0.3 is 0 Å². The maximum Gasteiger partial charge on any atom is 0.0475 e. The Morgan fingerprint density at radius 1 is 1.27 bits per heavy atom. The predicted molar refractivity (Wildman–Crippen MR) is 53.0 cm³/mol. The van der Waals surface area contributed by atoms with Crippen LogP contribution in [0.1, 0.15) is 25.8 Å². The van der Waals surface area contributed by atoms with E-state index < -0.39 is 0 Å². The number of benzene rings is 1. The Morgan fingerprint density at radius 2 is 1.82 bits per heavy atom. The van der Waals surface area contributed by atoms with Crippen LogP contribution in [0, 0.1) is 0 Å². The average Bonchev–Trinajstić information content (AvgIpc) is 2.06. The molecule has 60 valence electrons. The Hall–Kier alpha value is -0.300. The van der Waals surface area contributed by atoms with Gasteiger partial charge < -0.3 is 0 Å². The summed E-state index contributed by atoms with van der Waals surface area (Å²) in [4.78, 5) is 0. The van der Waals surface area contributed by atoms with Gasteiger partial charge in [-0.2, -0.15) is 0 Å². The van der Waals surface area contributed by atoms with Crippen molar-refractivity contribution < 1.29 is 0 Å². The predicted octanol–water partition coefficient (Wildman–Crippen LogP) is 3.71. The number of rotatable bonds is 2. The fourth-order valence-electron chi connectivity index (χ4n) is 0.990. The minimum absolute atomic E-state index is 0.147. The minimum Gasteiger partial charge on any atom is -0.0804 e. The van der Waals surface area contributed by atoms with Crippen LogP contribution >= 0.6 is 15.9 Å². The van der Waals surface area contributed by atoms with Crippen molar-refractivity contribution in [2.24, 2.45) is 0 Å². The van der Waals surface area contributed by atoms with E-state index in [1.54, 1.807) is 0 Å². The maximum absolute atomic E-state index is 3.69. The molecule has 11 heavy (non-hydrogen) atoms. The summed E-state index contributed by atoms with van der Waals surface area (Å²) in [5.74, 6) is 0. The van der Waals surface area contributed by atoms with Gasteiger partial charge in [-0.25, -0.2) is 0 Å². The first-order valence-corrected chi connectivity index (χ1v) is 4.70. The summed E-state index contributed by atoms with van der Waals surface area (Å²) < 4.78 is 0.147. The molecule has 0 unspecified atom stereocenters. The lowest BCUT2D eigenvalue weighted by molar-refractivity contribution is 0.681. The van der Waals surface area contributed by atoms with Crippen LogP contribution in [-0.4, -0.2) is 0 Å². The fourth-order valence-corrected chi connectivity index (χ4v) is 1.25. The molecule has 1 atom stereocenters. The van der Waals surface area contributed by atoms with Crippen LogP contribution in [0.25, 0.3) is 0 Å². The highest BCUT2D eigenvalue weighted by Crippen LogP contribution is 2.33. The van der Waals surface area contributed by atoms with Gasteiger partial charge in [-0.1, -0.05) is 53.2 Å². The zero-order valence-electron chi connectivity index (χ0n) is 6.97. The van der Waals surface area contributed by atoms with Crippen LogP contribution < -0.4 is 0 Å². The molecule has 0 fully saturated rings. The van der Waals surface area contributed by atoms with E-state index in [2.05, 4.69) is 54.0 Å². The van der Waals surface area contributed by atoms with Crippen LogP contribution in [-0.2, 0) is 4.32 Å². The van der Waals surface area contributed by atoms with E-state index in [9.17, 15) is 0 Å². The monoisotopic (exact) mass is 212 g/mol. The Labute approximate surface area is 76.8 Å². The molecule has 0 N–H and O–H groups in total. The number of halogens is 1. The first kappa shape index (κ1) is 8.79. The molecule has 0 aromatic heterocycles. The van der Waals surface area contributed by atoms with Crippen LogP contribution in [0.15, 0.2) is 30.3 Å². The fraction of sp³-hybridized carbons (Fsp3) is 0.400. The molecule has 1 aromatic carbocycles. The van der Waals surface area contributed by atoms with Gasteiger partial charge in [0.05, 0.1) is 0 Å². The normalized spacial score (nSPS) is 15.9. The molecule has 0 nitrogen and oxygen atoms in total. The van der Waals surface area contributed by atoms with Gasteiger partial charge in [0.1, 0.15) is 0 Å². The quantitative estimate of drug-likeness (QED) is 0.657. The molecule has 0 spiro atoms. The third-order valence-corrected chi connectivity index (χ3v) is 3.06. The van der Waals surface area contributed by atoms with Gasteiger partial charge in [-0.3, -0.25) is 0 Å². The molecule has 0 amide bonds. The molecular formula is C10H13Br. The molecule has 0 radical (unpaired) electrons. The molecule has 0 saturated carbocycles. The van der Waals surface area contributed by atoms with Gasteiger partial charge in [-0.15, -0.1) is 0 Å². The molecule has 0 bridgehead atoms. The van der Waals surface area contributed by atoms with Crippen molar-refractivity contribution in [1.82, 2.24) is 0 Å². The smallest absolute Gasteiger partial charge is 0.0475 e. The summed E-state index contributed by atoms with van der Waals surface area (Å²) in [7, 11) is 0. The summed E-state index contributed by atoms with van der Waals surface area (Å²) in [6.45, 7) is 4.38. The van der Waals surface area contributed by atoms with Crippen LogP contribution in [0.5, 0.6) is 0 Å². The van der Waals surface area contributed by atoms with E-state index in [1.807, 2.05) is 6.07 Å². The van der Waals surface area contributed by atoms with Gasteiger partial charge in [0.25, 0.3) is 0 Å². The Bertz CT molecular complexity index is 214. The van der Waals surface area contributed by atoms with Crippen molar-refractivity contribution in [3.63, 3.8) is 0 Å². The zero-order valence-corrected chi connectivity index (χ0v) is 8.56. The van der Waals surface area contributed by atoms with E-state index in [-0.39, 0.29) is 4.32 Å². The highest BCUT2D eigenvalue weighted by atomic mass is 79.9. The minimum atomic E-state index is 0.147. The number of hydrogen-bond donors (Lipinski definition) is 0. The Kier molecular flexibility index (Phi) is 2.72. The molecule has 1 aromatic rings. The van der Waals surface area contributed by atoms with Gasteiger partial charge in [0, 0.05) is 4.32 Å². The Morgan fingerprint density at radius 3 is 2.27 bits per heavy atom. The van der Waals surface area contributed by atoms with Crippen molar-refractivity contribution in [3.8, 4) is 0 Å². The third kappa shape index (κ3) is 2.06. The number of hydrogen-bond acceptors (Lipinski definition) is 0. The SMILES string of the molecule is CC[C@@](C)(Br)c1ccccc1. The second kappa shape index (κ2) is 3.40. The standard InChI is InChI=1S/C10H13Br/c1-3-10(2,11)9-7-5-4-6-8-9/h4-8H,3H2,1-2H3/t10-/m1/s1. The highest BCUT2D eigenvalue weighted by Gasteiger charge is 2.18. The summed E-state index contributed by atoms with van der Waals surface area (Å²) in [6.07, 6.45) is 1.11.